The molecule has 0 unspecified atom stereocenters. The number of hydrogen-bond donors (Lipinski definition) is 1. The highest BCUT2D eigenvalue weighted by Gasteiger charge is 2.32. The molecule has 1 N–H and O–H groups in total. The maximum atomic E-state index is 12.5. The van der Waals surface area contributed by atoms with Gasteiger partial charge in [0.2, 0.25) is 11.8 Å². The Bertz CT molecular complexity index is 577. The molecule has 0 bridgehead atoms. The third-order valence-electron chi connectivity index (χ3n) is 3.15. The lowest BCUT2D eigenvalue weighted by Crippen LogP contribution is -2.39. The van der Waals surface area contributed by atoms with E-state index in [-0.39, 0.29) is 23.4 Å². The van der Waals surface area contributed by atoms with Crippen molar-refractivity contribution in [1.29, 1.82) is 0 Å². The number of likely N-dealkylation sites (tertiary alicyclic amines) is 1. The second-order valence-corrected chi connectivity index (χ2v) is 5.82. The molecule has 1 aromatic heterocycles. The van der Waals surface area contributed by atoms with E-state index in [4.69, 9.17) is 0 Å². The predicted molar refractivity (Wildman–Crippen MR) is 76.6 cm³/mol. The van der Waals surface area contributed by atoms with Crippen molar-refractivity contribution in [3.05, 3.63) is 18.0 Å². The first-order valence-corrected chi connectivity index (χ1v) is 7.92. The summed E-state index contributed by atoms with van der Waals surface area (Å²) in [5.74, 6) is -0.770. The Morgan fingerprint density at radius 1 is 1.30 bits per heavy atom. The summed E-state index contributed by atoms with van der Waals surface area (Å²) in [6, 6.07) is 0.763. The van der Waals surface area contributed by atoms with Crippen LogP contribution in [-0.2, 0) is 15.8 Å². The number of rotatable bonds is 5. The van der Waals surface area contributed by atoms with E-state index in [9.17, 15) is 22.8 Å². The summed E-state index contributed by atoms with van der Waals surface area (Å²) < 4.78 is 37.5. The van der Waals surface area contributed by atoms with Gasteiger partial charge in [0, 0.05) is 19.3 Å². The lowest BCUT2D eigenvalue weighted by molar-refractivity contribution is -0.141. The van der Waals surface area contributed by atoms with Crippen molar-refractivity contribution in [3.63, 3.8) is 0 Å². The van der Waals surface area contributed by atoms with Crippen molar-refractivity contribution in [2.24, 2.45) is 0 Å². The largest absolute Gasteiger partial charge is 0.433 e. The molecule has 0 saturated carbocycles. The zero-order valence-electron chi connectivity index (χ0n) is 12.1. The van der Waals surface area contributed by atoms with E-state index in [0.29, 0.717) is 13.1 Å². The Labute approximate surface area is 134 Å². The van der Waals surface area contributed by atoms with Crippen LogP contribution >= 0.6 is 11.8 Å². The van der Waals surface area contributed by atoms with Gasteiger partial charge in [-0.25, -0.2) is 9.97 Å². The van der Waals surface area contributed by atoms with Crippen LogP contribution in [0.15, 0.2) is 17.4 Å². The van der Waals surface area contributed by atoms with E-state index in [0.717, 1.165) is 36.9 Å². The summed E-state index contributed by atoms with van der Waals surface area (Å²) >= 11 is 0.784. The molecule has 2 amide bonds. The van der Waals surface area contributed by atoms with Crippen LogP contribution in [0.1, 0.15) is 18.5 Å². The van der Waals surface area contributed by atoms with Crippen molar-refractivity contribution in [3.8, 4) is 0 Å². The molecule has 1 aromatic rings. The van der Waals surface area contributed by atoms with Gasteiger partial charge in [0.05, 0.1) is 12.3 Å². The molecule has 1 aliphatic rings. The molecule has 126 valence electrons. The van der Waals surface area contributed by atoms with Gasteiger partial charge in [0.15, 0.2) is 5.16 Å². The molecule has 10 heteroatoms. The number of halogens is 3. The van der Waals surface area contributed by atoms with Gasteiger partial charge in [-0.2, -0.15) is 13.2 Å². The first-order chi connectivity index (χ1) is 10.9. The first kappa shape index (κ1) is 17.5. The van der Waals surface area contributed by atoms with Gasteiger partial charge >= 0.3 is 6.18 Å². The van der Waals surface area contributed by atoms with Gasteiger partial charge < -0.3 is 10.2 Å². The van der Waals surface area contributed by atoms with Crippen LogP contribution in [0.2, 0.25) is 0 Å². The molecule has 1 aliphatic heterocycles. The average Bonchev–Trinajstić information content (AvgIpc) is 3.04. The number of alkyl halides is 3. The molecule has 1 fully saturated rings. The molecule has 23 heavy (non-hydrogen) atoms. The topological polar surface area (TPSA) is 75.2 Å². The normalized spacial score (nSPS) is 14.8. The van der Waals surface area contributed by atoms with E-state index in [1.165, 1.54) is 0 Å². The van der Waals surface area contributed by atoms with Gasteiger partial charge in [0.1, 0.15) is 5.69 Å². The monoisotopic (exact) mass is 348 g/mol. The molecule has 1 saturated heterocycles. The summed E-state index contributed by atoms with van der Waals surface area (Å²) in [6.45, 7) is 1.28. The van der Waals surface area contributed by atoms with Crippen LogP contribution in [0.5, 0.6) is 0 Å². The molecule has 0 spiro atoms. The van der Waals surface area contributed by atoms with Crippen LogP contribution in [-0.4, -0.2) is 52.1 Å². The third kappa shape index (κ3) is 5.38. The second-order valence-electron chi connectivity index (χ2n) is 4.88. The van der Waals surface area contributed by atoms with Crippen LogP contribution in [0, 0.1) is 0 Å². The number of aromatic nitrogens is 2. The number of carbonyl (C=O) groups is 2. The molecule has 0 atom stereocenters. The zero-order chi connectivity index (χ0) is 16.9. The fourth-order valence-electron chi connectivity index (χ4n) is 2.00. The second kappa shape index (κ2) is 7.62. The number of carbonyl (C=O) groups excluding carboxylic acids is 2. The zero-order valence-corrected chi connectivity index (χ0v) is 12.9. The maximum Gasteiger partial charge on any atom is 0.433 e. The minimum absolute atomic E-state index is 0.108. The van der Waals surface area contributed by atoms with Crippen LogP contribution in [0.25, 0.3) is 0 Å². The molecule has 2 rings (SSSR count). The number of amides is 2. The number of hydrogen-bond acceptors (Lipinski definition) is 5. The van der Waals surface area contributed by atoms with Gasteiger partial charge in [-0.1, -0.05) is 11.8 Å². The Morgan fingerprint density at radius 2 is 2.00 bits per heavy atom. The summed E-state index contributed by atoms with van der Waals surface area (Å²) in [5, 5.41) is 2.31. The molecule has 6 nitrogen and oxygen atoms in total. The lowest BCUT2D eigenvalue weighted by atomic mass is 10.4. The fraction of sp³-hybridized carbons (Fsp3) is 0.538. The van der Waals surface area contributed by atoms with Gasteiger partial charge in [-0.15, -0.1) is 0 Å². The van der Waals surface area contributed by atoms with E-state index >= 15 is 0 Å². The molecular formula is C13H15F3N4O2S. The van der Waals surface area contributed by atoms with Gasteiger partial charge in [-0.3, -0.25) is 9.59 Å². The van der Waals surface area contributed by atoms with Crippen molar-refractivity contribution in [2.45, 2.75) is 24.2 Å². The number of nitrogens with zero attached hydrogens (tertiary/aromatic N) is 3. The predicted octanol–water partition coefficient (Wildman–Crippen LogP) is 1.33. The quantitative estimate of drug-likeness (QED) is 0.642. The maximum absolute atomic E-state index is 12.5. The van der Waals surface area contributed by atoms with E-state index in [1.807, 2.05) is 0 Å². The standard InChI is InChI=1S/C13H15F3N4O2S/c14-13(15,16)9-3-4-17-12(19-9)23-8-10(21)18-7-11(22)20-5-1-2-6-20/h3-4H,1-2,5-8H2,(H,18,21). The summed E-state index contributed by atoms with van der Waals surface area (Å²) in [5.41, 5.74) is -1.06. The summed E-state index contributed by atoms with van der Waals surface area (Å²) in [7, 11) is 0. The van der Waals surface area contributed by atoms with Crippen molar-refractivity contribution < 1.29 is 22.8 Å². The molecule has 0 aromatic carbocycles. The Balaban J connectivity index is 1.77. The Morgan fingerprint density at radius 3 is 2.65 bits per heavy atom. The van der Waals surface area contributed by atoms with Crippen molar-refractivity contribution >= 4 is 23.6 Å². The van der Waals surface area contributed by atoms with E-state index in [2.05, 4.69) is 15.3 Å². The molecular weight excluding hydrogens is 333 g/mol. The highest BCUT2D eigenvalue weighted by atomic mass is 32.2. The highest BCUT2D eigenvalue weighted by molar-refractivity contribution is 7.99. The lowest BCUT2D eigenvalue weighted by Gasteiger charge is -2.15. The summed E-state index contributed by atoms with van der Waals surface area (Å²) in [4.78, 5) is 32.1. The van der Waals surface area contributed by atoms with Gasteiger partial charge in [-0.05, 0) is 18.9 Å². The molecule has 2 heterocycles. The third-order valence-corrected chi connectivity index (χ3v) is 4.01. The highest BCUT2D eigenvalue weighted by Crippen LogP contribution is 2.28. The summed E-state index contributed by atoms with van der Waals surface area (Å²) in [6.07, 6.45) is -1.64. The molecule has 0 radical (unpaired) electrons. The first-order valence-electron chi connectivity index (χ1n) is 6.94. The number of thioether (sulfide) groups is 1. The Kier molecular flexibility index (Phi) is 5.80. The molecule has 0 aliphatic carbocycles. The smallest absolute Gasteiger partial charge is 0.346 e. The van der Waals surface area contributed by atoms with E-state index in [1.54, 1.807) is 4.90 Å². The minimum atomic E-state index is -4.55. The van der Waals surface area contributed by atoms with Crippen molar-refractivity contribution in [2.75, 3.05) is 25.4 Å². The van der Waals surface area contributed by atoms with Crippen molar-refractivity contribution in [1.82, 2.24) is 20.2 Å². The van der Waals surface area contributed by atoms with Crippen LogP contribution < -0.4 is 5.32 Å². The SMILES string of the molecule is O=C(CSc1nccc(C(F)(F)F)n1)NCC(=O)N1CCCC1. The number of nitrogens with one attached hydrogen (secondary N) is 1. The average molecular weight is 348 g/mol. The van der Waals surface area contributed by atoms with Crippen LogP contribution in [0.4, 0.5) is 13.2 Å². The van der Waals surface area contributed by atoms with E-state index < -0.39 is 17.8 Å². The minimum Gasteiger partial charge on any atom is -0.346 e. The van der Waals surface area contributed by atoms with Crippen LogP contribution in [0.3, 0.4) is 0 Å². The van der Waals surface area contributed by atoms with Gasteiger partial charge in [0.25, 0.3) is 0 Å². The fourth-order valence-corrected chi connectivity index (χ4v) is 2.66. The Hall–Kier alpha value is -1.84.